The fraction of sp³-hybridized carbons (Fsp3) is 0.333. The number of carbonyl (C=O) groups is 1. The minimum absolute atomic E-state index is 0.0179. The van der Waals surface area contributed by atoms with Gasteiger partial charge in [0.15, 0.2) is 0 Å². The topological polar surface area (TPSA) is 78.0 Å². The molecule has 1 saturated carbocycles. The number of hydrogen-bond acceptors (Lipinski definition) is 3. The number of aliphatic hydroxyl groups is 1. The smallest absolute Gasteiger partial charge is 0.255 e. The lowest BCUT2D eigenvalue weighted by atomic mass is 10.1. The molecule has 0 atom stereocenters. The molecule has 0 radical (unpaired) electrons. The van der Waals surface area contributed by atoms with Crippen LogP contribution >= 0.6 is 11.6 Å². The summed E-state index contributed by atoms with van der Waals surface area (Å²) in [6.07, 6.45) is 3.24. The highest BCUT2D eigenvalue weighted by Crippen LogP contribution is 2.44. The molecule has 5 nitrogen and oxygen atoms in total. The number of aromatic amines is 1. The molecule has 0 aliphatic heterocycles. The molecule has 0 unspecified atom stereocenters. The number of carbonyl (C=O) groups excluding carboxylic acids is 1. The molecule has 1 aromatic carbocycles. The molecule has 3 rings (SSSR count). The number of nitrogens with zero attached hydrogens (tertiary/aromatic N) is 1. The molecule has 1 amide bonds. The maximum Gasteiger partial charge on any atom is 0.255 e. The molecular weight excluding hydrogens is 309 g/mol. The number of hydrogen-bond donors (Lipinski definition) is 3. The normalized spacial score (nSPS) is 15.6. The monoisotopic (exact) mass is 323 g/mol. The summed E-state index contributed by atoms with van der Waals surface area (Å²) in [6.45, 7) is 0.496. The van der Waals surface area contributed by atoms with Crippen molar-refractivity contribution in [2.24, 2.45) is 5.41 Å². The van der Waals surface area contributed by atoms with E-state index in [2.05, 4.69) is 15.5 Å². The van der Waals surface area contributed by atoms with E-state index in [9.17, 15) is 14.3 Å². The van der Waals surface area contributed by atoms with E-state index < -0.39 is 5.82 Å². The number of aliphatic hydroxyl groups excluding tert-OH is 1. The first-order valence-corrected chi connectivity index (χ1v) is 7.30. The average Bonchev–Trinajstić information content (AvgIpc) is 3.14. The highest BCUT2D eigenvalue weighted by atomic mass is 35.5. The van der Waals surface area contributed by atoms with Gasteiger partial charge in [0.2, 0.25) is 0 Å². The van der Waals surface area contributed by atoms with Gasteiger partial charge in [-0.25, -0.2) is 4.39 Å². The zero-order valence-electron chi connectivity index (χ0n) is 11.7. The quantitative estimate of drug-likeness (QED) is 0.790. The number of halogens is 2. The highest BCUT2D eigenvalue weighted by molar-refractivity contribution is 6.31. The van der Waals surface area contributed by atoms with Crippen LogP contribution in [0, 0.1) is 11.2 Å². The standard InChI is InChI=1S/C15H15ClFN3O2/c16-11-5-9(1-2-12(11)17)13-10(6-19-20-13)14(22)18-7-15(8-21)3-4-15/h1-2,5-6,21H,3-4,7-8H2,(H,18,22)(H,19,20). The van der Waals surface area contributed by atoms with Gasteiger partial charge in [0.25, 0.3) is 5.91 Å². The molecule has 1 fully saturated rings. The summed E-state index contributed by atoms with van der Waals surface area (Å²) in [4.78, 5) is 12.3. The number of amides is 1. The lowest BCUT2D eigenvalue weighted by molar-refractivity contribution is 0.0936. The van der Waals surface area contributed by atoms with E-state index in [4.69, 9.17) is 11.6 Å². The summed E-state index contributed by atoms with van der Waals surface area (Å²) in [5.41, 5.74) is 1.25. The minimum Gasteiger partial charge on any atom is -0.396 e. The van der Waals surface area contributed by atoms with Crippen LogP contribution in [-0.4, -0.2) is 34.4 Å². The van der Waals surface area contributed by atoms with Crippen molar-refractivity contribution in [1.82, 2.24) is 15.5 Å². The Labute approximate surface area is 131 Å². The predicted octanol–water partition coefficient (Wildman–Crippen LogP) is 2.37. The van der Waals surface area contributed by atoms with Crippen LogP contribution in [0.2, 0.25) is 5.02 Å². The van der Waals surface area contributed by atoms with Gasteiger partial charge in [0.05, 0.1) is 29.1 Å². The van der Waals surface area contributed by atoms with Crippen molar-refractivity contribution in [2.45, 2.75) is 12.8 Å². The Balaban J connectivity index is 1.79. The molecule has 0 bridgehead atoms. The maximum atomic E-state index is 13.2. The summed E-state index contributed by atoms with van der Waals surface area (Å²) in [7, 11) is 0. The first kappa shape index (κ1) is 15.0. The third-order valence-corrected chi connectivity index (χ3v) is 4.30. The number of benzene rings is 1. The SMILES string of the molecule is O=C(NCC1(CO)CC1)c1cn[nH]c1-c1ccc(F)c(Cl)c1. The van der Waals surface area contributed by atoms with Crippen molar-refractivity contribution < 1.29 is 14.3 Å². The largest absolute Gasteiger partial charge is 0.396 e. The van der Waals surface area contributed by atoms with Crippen LogP contribution in [-0.2, 0) is 0 Å². The van der Waals surface area contributed by atoms with Crippen LogP contribution in [0.25, 0.3) is 11.3 Å². The number of H-pyrrole nitrogens is 1. The molecule has 1 aromatic heterocycles. The van der Waals surface area contributed by atoms with Gasteiger partial charge in [0.1, 0.15) is 5.82 Å². The van der Waals surface area contributed by atoms with Crippen molar-refractivity contribution in [3.63, 3.8) is 0 Å². The zero-order valence-corrected chi connectivity index (χ0v) is 12.5. The molecule has 1 heterocycles. The van der Waals surface area contributed by atoms with E-state index in [-0.39, 0.29) is 23.0 Å². The molecule has 1 aliphatic carbocycles. The Kier molecular flexibility index (Phi) is 3.88. The minimum atomic E-state index is -0.519. The molecule has 0 spiro atoms. The second kappa shape index (κ2) is 5.70. The molecule has 0 saturated heterocycles. The highest BCUT2D eigenvalue weighted by Gasteiger charge is 2.42. The van der Waals surface area contributed by atoms with Crippen molar-refractivity contribution in [3.05, 3.63) is 40.8 Å². The van der Waals surface area contributed by atoms with E-state index in [1.54, 1.807) is 0 Å². The molecule has 22 heavy (non-hydrogen) atoms. The van der Waals surface area contributed by atoms with Gasteiger partial charge in [0, 0.05) is 17.5 Å². The van der Waals surface area contributed by atoms with E-state index in [0.29, 0.717) is 23.4 Å². The van der Waals surface area contributed by atoms with Gasteiger partial charge in [-0.1, -0.05) is 11.6 Å². The van der Waals surface area contributed by atoms with E-state index in [1.165, 1.54) is 24.4 Å². The van der Waals surface area contributed by atoms with Gasteiger partial charge in [-0.15, -0.1) is 0 Å². The van der Waals surface area contributed by atoms with Gasteiger partial charge < -0.3 is 10.4 Å². The van der Waals surface area contributed by atoms with E-state index in [1.807, 2.05) is 0 Å². The van der Waals surface area contributed by atoms with Crippen molar-refractivity contribution >= 4 is 17.5 Å². The van der Waals surface area contributed by atoms with Crippen molar-refractivity contribution in [1.29, 1.82) is 0 Å². The zero-order chi connectivity index (χ0) is 15.7. The third-order valence-electron chi connectivity index (χ3n) is 4.01. The Bertz CT molecular complexity index is 713. The Morgan fingerprint density at radius 2 is 2.27 bits per heavy atom. The summed E-state index contributed by atoms with van der Waals surface area (Å²) in [5, 5.41) is 18.7. The van der Waals surface area contributed by atoms with Crippen LogP contribution < -0.4 is 5.32 Å². The summed E-state index contributed by atoms with van der Waals surface area (Å²) in [5.74, 6) is -0.807. The second-order valence-corrected chi connectivity index (χ2v) is 6.04. The number of rotatable bonds is 5. The molecule has 3 N–H and O–H groups in total. The summed E-state index contributed by atoms with van der Waals surface area (Å²) < 4.78 is 13.2. The first-order chi connectivity index (χ1) is 10.5. The second-order valence-electron chi connectivity index (χ2n) is 5.63. The van der Waals surface area contributed by atoms with E-state index in [0.717, 1.165) is 12.8 Å². The average molecular weight is 324 g/mol. The van der Waals surface area contributed by atoms with Crippen molar-refractivity contribution in [3.8, 4) is 11.3 Å². The van der Waals surface area contributed by atoms with Crippen LogP contribution in [0.5, 0.6) is 0 Å². The Morgan fingerprint density at radius 3 is 2.91 bits per heavy atom. The van der Waals surface area contributed by atoms with E-state index >= 15 is 0 Å². The van der Waals surface area contributed by atoms with Gasteiger partial charge >= 0.3 is 0 Å². The lowest BCUT2D eigenvalue weighted by Gasteiger charge is -2.12. The molecule has 7 heteroatoms. The summed E-state index contributed by atoms with van der Waals surface area (Å²) in [6, 6.07) is 4.21. The maximum absolute atomic E-state index is 13.2. The summed E-state index contributed by atoms with van der Waals surface area (Å²) >= 11 is 5.77. The van der Waals surface area contributed by atoms with Crippen LogP contribution in [0.3, 0.4) is 0 Å². The van der Waals surface area contributed by atoms with Gasteiger partial charge in [-0.2, -0.15) is 5.10 Å². The lowest BCUT2D eigenvalue weighted by Crippen LogP contribution is -2.31. The fourth-order valence-electron chi connectivity index (χ4n) is 2.26. The molecular formula is C15H15ClFN3O2. The Hall–Kier alpha value is -1.92. The first-order valence-electron chi connectivity index (χ1n) is 6.92. The van der Waals surface area contributed by atoms with Crippen molar-refractivity contribution in [2.75, 3.05) is 13.2 Å². The predicted molar refractivity (Wildman–Crippen MR) is 80.1 cm³/mol. The van der Waals surface area contributed by atoms with Gasteiger partial charge in [-0.05, 0) is 31.0 Å². The number of aromatic nitrogens is 2. The third kappa shape index (κ3) is 2.84. The Morgan fingerprint density at radius 1 is 1.50 bits per heavy atom. The molecule has 1 aliphatic rings. The molecule has 2 aromatic rings. The van der Waals surface area contributed by atoms with Crippen LogP contribution in [0.4, 0.5) is 4.39 Å². The van der Waals surface area contributed by atoms with Crippen LogP contribution in [0.1, 0.15) is 23.2 Å². The molecule has 116 valence electrons. The van der Waals surface area contributed by atoms with Crippen LogP contribution in [0.15, 0.2) is 24.4 Å². The number of nitrogens with one attached hydrogen (secondary N) is 2. The fourth-order valence-corrected chi connectivity index (χ4v) is 2.44. The van der Waals surface area contributed by atoms with Gasteiger partial charge in [-0.3, -0.25) is 9.89 Å².